The normalized spacial score (nSPS) is 12.4. The zero-order valence-corrected chi connectivity index (χ0v) is 17.9. The molecule has 4 aromatic rings. The SMILES string of the molecule is CCOc1ccccc1CNC(=O)[C@H](CC)n1nc(CC)n2c(cc3occc32)c1=O. The molecular formula is C23H26N4O4. The van der Waals surface area contributed by atoms with Crippen LogP contribution in [-0.2, 0) is 17.8 Å². The van der Waals surface area contributed by atoms with Gasteiger partial charge in [0.05, 0.1) is 18.4 Å². The van der Waals surface area contributed by atoms with Crippen LogP contribution in [0.15, 0.2) is 51.9 Å². The number of ether oxygens (including phenoxy) is 1. The van der Waals surface area contributed by atoms with Gasteiger partial charge in [0.15, 0.2) is 5.58 Å². The van der Waals surface area contributed by atoms with E-state index < -0.39 is 6.04 Å². The molecule has 0 spiro atoms. The second-order valence-corrected chi connectivity index (χ2v) is 7.24. The van der Waals surface area contributed by atoms with Gasteiger partial charge in [0.1, 0.15) is 23.1 Å². The molecule has 1 amide bonds. The standard InChI is InChI=1S/C23H26N4O4/c1-4-16(22(28)24-14-15-9-7-8-10-19(15)30-6-3)27-23(29)18-13-20-17(11-12-31-20)26(18)21(5-2)25-27/h7-13,16H,4-6,14H2,1-3H3,(H,24,28)/t16-/m0/s1. The van der Waals surface area contributed by atoms with Crippen LogP contribution in [0.2, 0.25) is 0 Å². The highest BCUT2D eigenvalue weighted by molar-refractivity contribution is 5.83. The predicted octanol–water partition coefficient (Wildman–Crippen LogP) is 3.47. The van der Waals surface area contributed by atoms with E-state index in [-0.39, 0.29) is 11.5 Å². The summed E-state index contributed by atoms with van der Waals surface area (Å²) >= 11 is 0. The highest BCUT2D eigenvalue weighted by Gasteiger charge is 2.24. The van der Waals surface area contributed by atoms with Crippen LogP contribution in [0.3, 0.4) is 0 Å². The molecule has 1 atom stereocenters. The Hall–Kier alpha value is -3.55. The predicted molar refractivity (Wildman–Crippen MR) is 117 cm³/mol. The molecule has 0 fully saturated rings. The van der Waals surface area contributed by atoms with Crippen LogP contribution >= 0.6 is 0 Å². The maximum Gasteiger partial charge on any atom is 0.291 e. The molecule has 0 aliphatic rings. The van der Waals surface area contributed by atoms with Gasteiger partial charge in [-0.25, -0.2) is 4.68 Å². The van der Waals surface area contributed by atoms with Crippen molar-refractivity contribution in [3.05, 3.63) is 64.4 Å². The Morgan fingerprint density at radius 1 is 1.19 bits per heavy atom. The topological polar surface area (TPSA) is 90.8 Å². The van der Waals surface area contributed by atoms with Gasteiger partial charge in [0.2, 0.25) is 5.91 Å². The molecule has 31 heavy (non-hydrogen) atoms. The minimum absolute atomic E-state index is 0.259. The summed E-state index contributed by atoms with van der Waals surface area (Å²) in [5.74, 6) is 1.17. The second-order valence-electron chi connectivity index (χ2n) is 7.24. The molecule has 0 unspecified atom stereocenters. The summed E-state index contributed by atoms with van der Waals surface area (Å²) in [4.78, 5) is 26.3. The average molecular weight is 422 g/mol. The maximum absolute atomic E-state index is 13.2. The van der Waals surface area contributed by atoms with E-state index in [1.807, 2.05) is 51.1 Å². The van der Waals surface area contributed by atoms with Crippen molar-refractivity contribution in [2.75, 3.05) is 6.61 Å². The van der Waals surface area contributed by atoms with Gasteiger partial charge in [-0.15, -0.1) is 0 Å². The molecule has 0 saturated carbocycles. The van der Waals surface area contributed by atoms with Crippen molar-refractivity contribution in [2.45, 2.75) is 46.2 Å². The number of para-hydroxylation sites is 1. The smallest absolute Gasteiger partial charge is 0.291 e. The van der Waals surface area contributed by atoms with Gasteiger partial charge >= 0.3 is 0 Å². The lowest BCUT2D eigenvalue weighted by Crippen LogP contribution is -2.39. The van der Waals surface area contributed by atoms with E-state index in [9.17, 15) is 9.59 Å². The first-order chi connectivity index (χ1) is 15.1. The van der Waals surface area contributed by atoms with Crippen LogP contribution in [-0.4, -0.2) is 26.7 Å². The largest absolute Gasteiger partial charge is 0.494 e. The molecule has 3 heterocycles. The molecule has 4 rings (SSSR count). The van der Waals surface area contributed by atoms with Crippen molar-refractivity contribution in [1.29, 1.82) is 0 Å². The van der Waals surface area contributed by atoms with Crippen molar-refractivity contribution in [3.8, 4) is 5.75 Å². The van der Waals surface area contributed by atoms with Crippen molar-refractivity contribution in [1.82, 2.24) is 19.5 Å². The number of hydrogen-bond acceptors (Lipinski definition) is 5. The van der Waals surface area contributed by atoms with Crippen molar-refractivity contribution in [2.24, 2.45) is 0 Å². The third-order valence-corrected chi connectivity index (χ3v) is 5.36. The fourth-order valence-corrected chi connectivity index (χ4v) is 3.85. The third-order valence-electron chi connectivity index (χ3n) is 5.36. The Morgan fingerprint density at radius 2 is 2.00 bits per heavy atom. The Labute approximate surface area is 179 Å². The third kappa shape index (κ3) is 3.69. The van der Waals surface area contributed by atoms with E-state index in [4.69, 9.17) is 9.15 Å². The lowest BCUT2D eigenvalue weighted by molar-refractivity contribution is -0.125. The van der Waals surface area contributed by atoms with Gasteiger partial charge in [0, 0.05) is 30.7 Å². The van der Waals surface area contributed by atoms with Gasteiger partial charge < -0.3 is 14.5 Å². The highest BCUT2D eigenvalue weighted by Crippen LogP contribution is 2.22. The second kappa shape index (κ2) is 8.67. The first-order valence-electron chi connectivity index (χ1n) is 10.6. The molecule has 0 aliphatic heterocycles. The molecule has 8 nitrogen and oxygen atoms in total. The van der Waals surface area contributed by atoms with E-state index in [0.717, 1.165) is 16.8 Å². The van der Waals surface area contributed by atoms with E-state index >= 15 is 0 Å². The van der Waals surface area contributed by atoms with E-state index in [1.165, 1.54) is 4.68 Å². The number of fused-ring (bicyclic) bond motifs is 3. The molecule has 162 valence electrons. The van der Waals surface area contributed by atoms with Gasteiger partial charge in [-0.05, 0) is 19.4 Å². The van der Waals surface area contributed by atoms with Crippen LogP contribution < -0.4 is 15.6 Å². The molecule has 8 heteroatoms. The molecular weight excluding hydrogens is 396 g/mol. The number of amides is 1. The highest BCUT2D eigenvalue weighted by atomic mass is 16.5. The van der Waals surface area contributed by atoms with Gasteiger partial charge in [-0.1, -0.05) is 32.0 Å². The lowest BCUT2D eigenvalue weighted by Gasteiger charge is -2.19. The van der Waals surface area contributed by atoms with E-state index in [2.05, 4.69) is 10.4 Å². The zero-order valence-electron chi connectivity index (χ0n) is 17.9. The van der Waals surface area contributed by atoms with Gasteiger partial charge in [-0.2, -0.15) is 5.10 Å². The first-order valence-corrected chi connectivity index (χ1v) is 10.6. The number of nitrogens with zero attached hydrogens (tertiary/aromatic N) is 3. The number of hydrogen-bond donors (Lipinski definition) is 1. The van der Waals surface area contributed by atoms with Crippen LogP contribution in [0.4, 0.5) is 0 Å². The Balaban J connectivity index is 1.66. The Morgan fingerprint density at radius 3 is 2.74 bits per heavy atom. The summed E-state index contributed by atoms with van der Waals surface area (Å²) in [6.07, 6.45) is 2.62. The van der Waals surface area contributed by atoms with Crippen LogP contribution in [0.5, 0.6) is 5.75 Å². The molecule has 3 aromatic heterocycles. The summed E-state index contributed by atoms with van der Waals surface area (Å²) in [6, 6.07) is 10.4. The monoisotopic (exact) mass is 422 g/mol. The van der Waals surface area contributed by atoms with Crippen molar-refractivity contribution >= 4 is 22.5 Å². The molecule has 1 N–H and O–H groups in total. The number of aromatic nitrogens is 3. The molecule has 0 radical (unpaired) electrons. The Bertz CT molecular complexity index is 1280. The number of nitrogens with one attached hydrogen (secondary N) is 1. The average Bonchev–Trinajstić information content (AvgIpc) is 3.37. The van der Waals surface area contributed by atoms with Crippen LogP contribution in [0, 0.1) is 0 Å². The van der Waals surface area contributed by atoms with Crippen molar-refractivity contribution < 1.29 is 13.9 Å². The minimum Gasteiger partial charge on any atom is -0.494 e. The molecule has 0 saturated heterocycles. The number of carbonyl (C=O) groups is 1. The number of rotatable bonds is 8. The van der Waals surface area contributed by atoms with E-state index in [0.29, 0.717) is 42.9 Å². The number of aryl methyl sites for hydroxylation is 1. The fourth-order valence-electron chi connectivity index (χ4n) is 3.85. The first kappa shape index (κ1) is 20.7. The molecule has 1 aromatic carbocycles. The summed E-state index contributed by atoms with van der Waals surface area (Å²) in [7, 11) is 0. The lowest BCUT2D eigenvalue weighted by atomic mass is 10.1. The summed E-state index contributed by atoms with van der Waals surface area (Å²) in [5, 5.41) is 7.49. The molecule has 0 bridgehead atoms. The Kier molecular flexibility index (Phi) is 5.79. The minimum atomic E-state index is -0.719. The number of carbonyl (C=O) groups excluding carboxylic acids is 1. The fraction of sp³-hybridized carbons (Fsp3) is 0.348. The van der Waals surface area contributed by atoms with E-state index in [1.54, 1.807) is 16.7 Å². The maximum atomic E-state index is 13.2. The summed E-state index contributed by atoms with van der Waals surface area (Å²) in [5.41, 5.74) is 2.43. The van der Waals surface area contributed by atoms with Gasteiger partial charge in [-0.3, -0.25) is 14.0 Å². The number of furan rings is 1. The van der Waals surface area contributed by atoms with Crippen LogP contribution in [0.25, 0.3) is 16.6 Å². The molecule has 0 aliphatic carbocycles. The number of benzene rings is 1. The summed E-state index contributed by atoms with van der Waals surface area (Å²) < 4.78 is 14.2. The van der Waals surface area contributed by atoms with Crippen molar-refractivity contribution in [3.63, 3.8) is 0 Å². The van der Waals surface area contributed by atoms with Crippen LogP contribution in [0.1, 0.15) is 44.6 Å². The zero-order chi connectivity index (χ0) is 22.0. The van der Waals surface area contributed by atoms with Gasteiger partial charge in [0.25, 0.3) is 5.56 Å². The quantitative estimate of drug-likeness (QED) is 0.470. The summed E-state index contributed by atoms with van der Waals surface area (Å²) in [6.45, 7) is 6.60.